The summed E-state index contributed by atoms with van der Waals surface area (Å²) in [4.78, 5) is 19.7. The van der Waals surface area contributed by atoms with Gasteiger partial charge in [-0.1, -0.05) is 0 Å². The van der Waals surface area contributed by atoms with Crippen molar-refractivity contribution in [2.24, 2.45) is 16.5 Å². The molecule has 2 rings (SSSR count). The van der Waals surface area contributed by atoms with E-state index in [1.54, 1.807) is 6.07 Å². The van der Waals surface area contributed by atoms with Gasteiger partial charge >= 0.3 is 6.18 Å². The van der Waals surface area contributed by atoms with Gasteiger partial charge in [-0.25, -0.2) is 14.4 Å². The third-order valence-electron chi connectivity index (χ3n) is 3.88. The van der Waals surface area contributed by atoms with Gasteiger partial charge < -0.3 is 16.6 Å². The summed E-state index contributed by atoms with van der Waals surface area (Å²) in [6, 6.07) is 5.32. The lowest BCUT2D eigenvalue weighted by Crippen LogP contribution is -2.25. The van der Waals surface area contributed by atoms with Crippen molar-refractivity contribution in [1.82, 2.24) is 4.98 Å². The Balaban J connectivity index is 2.36. The molecular weight excluding hydrogens is 392 g/mol. The summed E-state index contributed by atoms with van der Waals surface area (Å²) < 4.78 is 52.2. The molecule has 1 aromatic carbocycles. The van der Waals surface area contributed by atoms with Gasteiger partial charge in [0.15, 0.2) is 5.82 Å². The van der Waals surface area contributed by atoms with Gasteiger partial charge in [-0.05, 0) is 54.8 Å². The molecule has 0 unspecified atom stereocenters. The maximum atomic E-state index is 13.6. The van der Waals surface area contributed by atoms with E-state index >= 15 is 0 Å². The smallest absolute Gasteiger partial charge is 0.399 e. The highest BCUT2D eigenvalue weighted by molar-refractivity contribution is 6.21. The maximum Gasteiger partial charge on any atom is 0.416 e. The van der Waals surface area contributed by atoms with E-state index in [2.05, 4.69) is 9.98 Å². The van der Waals surface area contributed by atoms with Crippen molar-refractivity contribution in [1.29, 1.82) is 0 Å². The first-order valence-corrected chi connectivity index (χ1v) is 8.27. The third kappa shape index (κ3) is 5.85. The van der Waals surface area contributed by atoms with E-state index in [1.165, 1.54) is 19.2 Å². The number of halogens is 4. The second-order valence-electron chi connectivity index (χ2n) is 6.16. The van der Waals surface area contributed by atoms with E-state index in [1.807, 2.05) is 0 Å². The molecule has 1 amide bonds. The molecule has 0 aliphatic heterocycles. The number of rotatable bonds is 6. The van der Waals surface area contributed by atoms with Crippen LogP contribution >= 0.6 is 0 Å². The zero-order valence-corrected chi connectivity index (χ0v) is 15.3. The Labute approximate surface area is 163 Å². The Morgan fingerprint density at radius 1 is 1.17 bits per heavy atom. The largest absolute Gasteiger partial charge is 0.416 e. The minimum absolute atomic E-state index is 0.00220. The molecule has 0 bridgehead atoms. The third-order valence-corrected chi connectivity index (χ3v) is 3.88. The number of aliphatic imine (C=N–C) groups is 1. The first kappa shape index (κ1) is 22.0. The molecule has 0 radical (unpaired) electrons. The number of hydrogen-bond donors (Lipinski definition) is 3. The number of benzene rings is 1. The molecule has 10 heteroatoms. The molecule has 0 atom stereocenters. The molecule has 29 heavy (non-hydrogen) atoms. The van der Waals surface area contributed by atoms with Gasteiger partial charge in [0.25, 0.3) is 5.91 Å². The van der Waals surface area contributed by atoms with Crippen LogP contribution in [0.2, 0.25) is 0 Å². The minimum Gasteiger partial charge on any atom is -0.399 e. The number of hydrogen-bond acceptors (Lipinski definition) is 5. The van der Waals surface area contributed by atoms with Crippen LogP contribution in [-0.4, -0.2) is 28.3 Å². The minimum atomic E-state index is -4.66. The topological polar surface area (TPSA) is 115 Å². The van der Waals surface area contributed by atoms with Crippen LogP contribution < -0.4 is 11.5 Å². The molecule has 0 aliphatic carbocycles. The lowest BCUT2D eigenvalue weighted by Gasteiger charge is -2.10. The van der Waals surface area contributed by atoms with Crippen molar-refractivity contribution in [3.05, 3.63) is 70.3 Å². The predicted octanol–water partition coefficient (Wildman–Crippen LogP) is 2.61. The first-order valence-electron chi connectivity index (χ1n) is 8.27. The molecule has 6 nitrogen and oxygen atoms in total. The van der Waals surface area contributed by atoms with E-state index in [-0.39, 0.29) is 34.8 Å². The molecule has 2 aromatic rings. The maximum absolute atomic E-state index is 13.6. The Bertz CT molecular complexity index is 984. The van der Waals surface area contributed by atoms with Crippen LogP contribution in [0.1, 0.15) is 23.6 Å². The SMILES string of the molecule is CC(=Nc1cc(Cc2cc(F)cc(C(F)(F)F)c2)ccn1)/C(C(N)=O)=C(\N)CO. The zero-order valence-electron chi connectivity index (χ0n) is 15.3. The molecule has 1 aromatic heterocycles. The molecular formula is C19H18F4N4O2. The number of amides is 1. The Morgan fingerprint density at radius 3 is 2.45 bits per heavy atom. The van der Waals surface area contributed by atoms with Gasteiger partial charge in [0.1, 0.15) is 5.82 Å². The van der Waals surface area contributed by atoms with Crippen molar-refractivity contribution in [3.8, 4) is 0 Å². The predicted molar refractivity (Wildman–Crippen MR) is 98.7 cm³/mol. The fourth-order valence-corrected chi connectivity index (χ4v) is 2.66. The highest BCUT2D eigenvalue weighted by Crippen LogP contribution is 2.31. The first-order chi connectivity index (χ1) is 13.5. The Morgan fingerprint density at radius 2 is 1.86 bits per heavy atom. The van der Waals surface area contributed by atoms with Crippen LogP contribution in [0.25, 0.3) is 0 Å². The highest BCUT2D eigenvalue weighted by Gasteiger charge is 2.31. The zero-order chi connectivity index (χ0) is 21.8. The summed E-state index contributed by atoms with van der Waals surface area (Å²) in [5.41, 5.74) is 10.2. The van der Waals surface area contributed by atoms with E-state index in [0.717, 1.165) is 12.1 Å². The van der Waals surface area contributed by atoms with Crippen LogP contribution in [0.5, 0.6) is 0 Å². The van der Waals surface area contributed by atoms with Gasteiger partial charge in [0, 0.05) is 11.9 Å². The van der Waals surface area contributed by atoms with Gasteiger partial charge in [0.05, 0.1) is 23.5 Å². The number of aliphatic hydroxyl groups is 1. The lowest BCUT2D eigenvalue weighted by atomic mass is 10.0. The number of aliphatic hydroxyl groups excluding tert-OH is 1. The quantitative estimate of drug-likeness (QED) is 0.386. The number of aromatic nitrogens is 1. The molecule has 0 saturated heterocycles. The molecule has 154 valence electrons. The second-order valence-corrected chi connectivity index (χ2v) is 6.16. The van der Waals surface area contributed by atoms with E-state index in [0.29, 0.717) is 11.6 Å². The van der Waals surface area contributed by atoms with Crippen molar-refractivity contribution in [2.45, 2.75) is 19.5 Å². The average molecular weight is 410 g/mol. The van der Waals surface area contributed by atoms with Crippen LogP contribution in [0, 0.1) is 5.82 Å². The van der Waals surface area contributed by atoms with Crippen molar-refractivity contribution in [2.75, 3.05) is 6.61 Å². The average Bonchev–Trinajstić information content (AvgIpc) is 2.60. The van der Waals surface area contributed by atoms with Crippen LogP contribution in [0.4, 0.5) is 23.4 Å². The van der Waals surface area contributed by atoms with Gasteiger partial charge in [-0.2, -0.15) is 13.2 Å². The second kappa shape index (κ2) is 8.82. The Kier molecular flexibility index (Phi) is 6.70. The summed E-state index contributed by atoms with van der Waals surface area (Å²) in [6.45, 7) is 0.846. The molecule has 5 N–H and O–H groups in total. The normalized spacial score (nSPS) is 13.2. The summed E-state index contributed by atoms with van der Waals surface area (Å²) in [7, 11) is 0. The monoisotopic (exact) mass is 410 g/mol. The standard InChI is InChI=1S/C19H18F4N4O2/c1-10(17(18(25)29)15(24)9-28)27-16-7-11(2-3-26-16)4-12-5-13(19(21,22)23)8-14(20)6-12/h2-3,5-8,28H,4,9,24H2,1H3,(H2,25,29)/b17-15+,27-10?. The van der Waals surface area contributed by atoms with Crippen molar-refractivity contribution in [3.63, 3.8) is 0 Å². The van der Waals surface area contributed by atoms with E-state index < -0.39 is 30.1 Å². The number of alkyl halides is 3. The lowest BCUT2D eigenvalue weighted by molar-refractivity contribution is -0.137. The number of primary amides is 1. The number of nitrogens with zero attached hydrogens (tertiary/aromatic N) is 2. The van der Waals surface area contributed by atoms with Crippen molar-refractivity contribution < 1.29 is 27.5 Å². The number of carbonyl (C=O) groups excluding carboxylic acids is 1. The highest BCUT2D eigenvalue weighted by atomic mass is 19.4. The van der Waals surface area contributed by atoms with Crippen LogP contribution in [0.3, 0.4) is 0 Å². The van der Waals surface area contributed by atoms with Crippen molar-refractivity contribution >= 4 is 17.4 Å². The van der Waals surface area contributed by atoms with Gasteiger partial charge in [0.2, 0.25) is 0 Å². The molecule has 0 saturated carbocycles. The van der Waals surface area contributed by atoms with Crippen LogP contribution in [-0.2, 0) is 17.4 Å². The summed E-state index contributed by atoms with van der Waals surface area (Å²) in [5, 5.41) is 9.11. The molecule has 1 heterocycles. The Hall–Kier alpha value is -3.27. The number of pyridine rings is 1. The summed E-state index contributed by atoms with van der Waals surface area (Å²) in [5.74, 6) is -1.74. The number of carbonyl (C=O) groups is 1. The molecule has 0 aliphatic rings. The number of nitrogens with two attached hydrogens (primary N) is 2. The van der Waals surface area contributed by atoms with Gasteiger partial charge in [-0.15, -0.1) is 0 Å². The fraction of sp³-hybridized carbons (Fsp3) is 0.211. The summed E-state index contributed by atoms with van der Waals surface area (Å²) in [6.07, 6.45) is -3.29. The van der Waals surface area contributed by atoms with E-state index in [9.17, 15) is 22.4 Å². The van der Waals surface area contributed by atoms with Crippen LogP contribution in [0.15, 0.2) is 52.8 Å². The fourth-order valence-electron chi connectivity index (χ4n) is 2.66. The van der Waals surface area contributed by atoms with Gasteiger partial charge in [-0.3, -0.25) is 4.79 Å². The molecule has 0 spiro atoms. The molecule has 0 fully saturated rings. The summed E-state index contributed by atoms with van der Waals surface area (Å²) >= 11 is 0. The van der Waals surface area contributed by atoms with E-state index in [4.69, 9.17) is 16.6 Å².